The van der Waals surface area contributed by atoms with Gasteiger partial charge in [0.2, 0.25) is 5.95 Å². The molecule has 1 aliphatic rings. The zero-order chi connectivity index (χ0) is 19.7. The molecule has 4 rings (SSSR count). The number of nitrogens with zero attached hydrogens (tertiary/aromatic N) is 5. The molecule has 1 atom stereocenters. The van der Waals surface area contributed by atoms with Crippen LogP contribution in [0.25, 0.3) is 22.4 Å². The number of aromatic nitrogens is 5. The highest BCUT2D eigenvalue weighted by Crippen LogP contribution is 2.32. The molecule has 0 unspecified atom stereocenters. The number of benzene rings is 1. The van der Waals surface area contributed by atoms with Gasteiger partial charge in [-0.05, 0) is 44.9 Å². The Morgan fingerprint density at radius 3 is 2.68 bits per heavy atom. The number of aromatic amines is 1. The van der Waals surface area contributed by atoms with Crippen LogP contribution < -0.4 is 10.2 Å². The minimum atomic E-state index is 0.0871. The normalized spacial score (nSPS) is 17.2. The van der Waals surface area contributed by atoms with Gasteiger partial charge in [0.25, 0.3) is 0 Å². The van der Waals surface area contributed by atoms with Gasteiger partial charge in [-0.25, -0.2) is 4.98 Å². The fourth-order valence-electron chi connectivity index (χ4n) is 3.55. The molecule has 0 amide bonds. The Bertz CT molecular complexity index is 932. The van der Waals surface area contributed by atoms with E-state index in [1.807, 2.05) is 12.1 Å². The van der Waals surface area contributed by atoms with Crippen molar-refractivity contribution < 1.29 is 5.11 Å². The van der Waals surface area contributed by atoms with Crippen molar-refractivity contribution in [2.75, 3.05) is 18.0 Å². The van der Waals surface area contributed by atoms with Crippen molar-refractivity contribution >= 4 is 5.95 Å². The van der Waals surface area contributed by atoms with Crippen LogP contribution in [0.4, 0.5) is 5.95 Å². The van der Waals surface area contributed by atoms with Crippen LogP contribution in [0.1, 0.15) is 27.2 Å². The van der Waals surface area contributed by atoms with Crippen molar-refractivity contribution in [1.82, 2.24) is 30.7 Å². The number of phenolic OH excluding ortho intramolecular Hbond substituents is 1. The van der Waals surface area contributed by atoms with Crippen molar-refractivity contribution in [3.63, 3.8) is 0 Å². The number of anilines is 1. The van der Waals surface area contributed by atoms with Crippen molar-refractivity contribution in [2.24, 2.45) is 0 Å². The van der Waals surface area contributed by atoms with E-state index in [0.717, 1.165) is 30.6 Å². The monoisotopic (exact) mass is 379 g/mol. The SMILES string of the molecule is CC(C)(C)N[C@@H]1CCN(c2ncc(-c3ccc(-c4cn[nH]c4)cc3O)nn2)C1. The first-order valence-electron chi connectivity index (χ1n) is 9.44. The summed E-state index contributed by atoms with van der Waals surface area (Å²) in [5.74, 6) is 0.759. The van der Waals surface area contributed by atoms with Crippen molar-refractivity contribution in [3.8, 4) is 28.1 Å². The minimum Gasteiger partial charge on any atom is -0.507 e. The number of hydrogen-bond acceptors (Lipinski definition) is 7. The van der Waals surface area contributed by atoms with Crippen LogP contribution in [-0.4, -0.2) is 55.2 Å². The molecule has 28 heavy (non-hydrogen) atoms. The Morgan fingerprint density at radius 1 is 1.18 bits per heavy atom. The van der Waals surface area contributed by atoms with Crippen LogP contribution in [-0.2, 0) is 0 Å². The molecular weight excluding hydrogens is 354 g/mol. The largest absolute Gasteiger partial charge is 0.507 e. The number of phenols is 1. The summed E-state index contributed by atoms with van der Waals surface area (Å²) in [4.78, 5) is 6.62. The molecule has 0 aliphatic carbocycles. The van der Waals surface area contributed by atoms with E-state index in [2.05, 4.69) is 56.4 Å². The molecule has 8 nitrogen and oxygen atoms in total. The van der Waals surface area contributed by atoms with Gasteiger partial charge in [-0.1, -0.05) is 6.07 Å². The summed E-state index contributed by atoms with van der Waals surface area (Å²) in [7, 11) is 0. The molecule has 3 heterocycles. The lowest BCUT2D eigenvalue weighted by atomic mass is 10.0. The molecule has 0 saturated carbocycles. The highest BCUT2D eigenvalue weighted by Gasteiger charge is 2.27. The third kappa shape index (κ3) is 3.96. The smallest absolute Gasteiger partial charge is 0.245 e. The van der Waals surface area contributed by atoms with Crippen molar-refractivity contribution in [2.45, 2.75) is 38.8 Å². The number of nitrogens with one attached hydrogen (secondary N) is 2. The van der Waals surface area contributed by atoms with E-state index in [1.54, 1.807) is 24.7 Å². The number of H-pyrrole nitrogens is 1. The first-order valence-corrected chi connectivity index (χ1v) is 9.44. The molecule has 2 aromatic heterocycles. The third-order valence-electron chi connectivity index (χ3n) is 4.76. The standard InChI is InChI=1S/C20H25N7O/c1-20(2,3)24-15-6-7-27(12-15)19-21-11-17(25-26-19)16-5-4-13(8-18(16)28)14-9-22-23-10-14/h4-5,8-11,15,24,28H,6-7,12H2,1-3H3,(H,22,23)/t15-/m1/s1. The highest BCUT2D eigenvalue weighted by atomic mass is 16.3. The summed E-state index contributed by atoms with van der Waals surface area (Å²) in [6, 6.07) is 5.85. The summed E-state index contributed by atoms with van der Waals surface area (Å²) in [5.41, 5.74) is 3.02. The van der Waals surface area contributed by atoms with Gasteiger partial charge in [0.15, 0.2) is 0 Å². The molecule has 1 aliphatic heterocycles. The first kappa shape index (κ1) is 18.4. The summed E-state index contributed by atoms with van der Waals surface area (Å²) >= 11 is 0. The Hall–Kier alpha value is -3.00. The quantitative estimate of drug-likeness (QED) is 0.640. The van der Waals surface area contributed by atoms with E-state index in [0.29, 0.717) is 23.2 Å². The number of aromatic hydroxyl groups is 1. The van der Waals surface area contributed by atoms with Crippen molar-refractivity contribution in [3.05, 3.63) is 36.8 Å². The summed E-state index contributed by atoms with van der Waals surface area (Å²) in [5, 5.41) is 29.3. The van der Waals surface area contributed by atoms with E-state index in [4.69, 9.17) is 0 Å². The highest BCUT2D eigenvalue weighted by molar-refractivity contribution is 5.73. The second kappa shape index (κ2) is 7.20. The predicted molar refractivity (Wildman–Crippen MR) is 108 cm³/mol. The molecule has 0 bridgehead atoms. The summed E-state index contributed by atoms with van der Waals surface area (Å²) in [6.07, 6.45) is 6.21. The van der Waals surface area contributed by atoms with Gasteiger partial charge >= 0.3 is 0 Å². The van der Waals surface area contributed by atoms with Gasteiger partial charge in [-0.3, -0.25) is 5.10 Å². The summed E-state index contributed by atoms with van der Waals surface area (Å²) in [6.45, 7) is 8.29. The van der Waals surface area contributed by atoms with Gasteiger partial charge in [0.1, 0.15) is 11.4 Å². The zero-order valence-electron chi connectivity index (χ0n) is 16.3. The van der Waals surface area contributed by atoms with Crippen LogP contribution >= 0.6 is 0 Å². The van der Waals surface area contributed by atoms with Gasteiger partial charge in [0.05, 0.1) is 12.4 Å². The molecular formula is C20H25N7O. The van der Waals surface area contributed by atoms with Crippen LogP contribution in [0.15, 0.2) is 36.8 Å². The maximum absolute atomic E-state index is 10.4. The van der Waals surface area contributed by atoms with E-state index in [1.165, 1.54) is 0 Å². The number of hydrogen-bond donors (Lipinski definition) is 3. The van der Waals surface area contributed by atoms with E-state index < -0.39 is 0 Å². The van der Waals surface area contributed by atoms with Gasteiger partial charge in [-0.2, -0.15) is 5.10 Å². The lowest BCUT2D eigenvalue weighted by molar-refractivity contribution is 0.373. The predicted octanol–water partition coefficient (Wildman–Crippen LogP) is 2.60. The molecule has 146 valence electrons. The molecule has 1 fully saturated rings. The van der Waals surface area contributed by atoms with Gasteiger partial charge < -0.3 is 15.3 Å². The van der Waals surface area contributed by atoms with E-state index >= 15 is 0 Å². The van der Waals surface area contributed by atoms with Gasteiger partial charge in [0, 0.05) is 42.0 Å². The first-order chi connectivity index (χ1) is 13.4. The lowest BCUT2D eigenvalue weighted by Crippen LogP contribution is -2.45. The Balaban J connectivity index is 1.48. The van der Waals surface area contributed by atoms with Crippen LogP contribution in [0.5, 0.6) is 5.75 Å². The van der Waals surface area contributed by atoms with Gasteiger partial charge in [-0.15, -0.1) is 10.2 Å². The Kier molecular flexibility index (Phi) is 4.72. The number of rotatable bonds is 4. The second-order valence-electron chi connectivity index (χ2n) is 8.19. The van der Waals surface area contributed by atoms with Crippen LogP contribution in [0.2, 0.25) is 0 Å². The van der Waals surface area contributed by atoms with Crippen LogP contribution in [0.3, 0.4) is 0 Å². The fourth-order valence-corrected chi connectivity index (χ4v) is 3.55. The topological polar surface area (TPSA) is 103 Å². The molecule has 3 aromatic rings. The zero-order valence-corrected chi connectivity index (χ0v) is 16.3. The molecule has 0 radical (unpaired) electrons. The van der Waals surface area contributed by atoms with E-state index in [-0.39, 0.29) is 11.3 Å². The lowest BCUT2D eigenvalue weighted by Gasteiger charge is -2.25. The average Bonchev–Trinajstić information content (AvgIpc) is 3.32. The molecule has 1 aromatic carbocycles. The molecule has 8 heteroatoms. The maximum Gasteiger partial charge on any atom is 0.245 e. The third-order valence-corrected chi connectivity index (χ3v) is 4.76. The minimum absolute atomic E-state index is 0.0871. The van der Waals surface area contributed by atoms with Crippen molar-refractivity contribution in [1.29, 1.82) is 0 Å². The summed E-state index contributed by atoms with van der Waals surface area (Å²) < 4.78 is 0. The van der Waals surface area contributed by atoms with E-state index in [9.17, 15) is 5.11 Å². The molecule has 3 N–H and O–H groups in total. The maximum atomic E-state index is 10.4. The fraction of sp³-hybridized carbons (Fsp3) is 0.400. The average molecular weight is 379 g/mol. The second-order valence-corrected chi connectivity index (χ2v) is 8.19. The van der Waals surface area contributed by atoms with Crippen LogP contribution in [0, 0.1) is 0 Å². The Morgan fingerprint density at radius 2 is 2.04 bits per heavy atom. The molecule has 0 spiro atoms. The molecule has 1 saturated heterocycles. The Labute approximate surface area is 164 Å².